The summed E-state index contributed by atoms with van der Waals surface area (Å²) in [5, 5.41) is 8.72. The van der Waals surface area contributed by atoms with Crippen LogP contribution in [-0.2, 0) is 16.1 Å². The Morgan fingerprint density at radius 1 is 1.43 bits per heavy atom. The second-order valence-electron chi connectivity index (χ2n) is 6.05. The van der Waals surface area contributed by atoms with Crippen LogP contribution in [0.25, 0.3) is 0 Å². The van der Waals surface area contributed by atoms with Crippen LogP contribution in [0.4, 0.5) is 0 Å². The topological polar surface area (TPSA) is 88.1 Å². The van der Waals surface area contributed by atoms with Gasteiger partial charge in [-0.2, -0.15) is 0 Å². The number of carbonyl (C=O) groups excluding carboxylic acids is 2. The fraction of sp³-hybridized carbons (Fsp3) is 0.500. The number of fused-ring (bicyclic) bond motifs is 1. The predicted octanol–water partition coefficient (Wildman–Crippen LogP) is 1.09. The van der Waals surface area contributed by atoms with Crippen molar-refractivity contribution >= 4 is 11.8 Å². The van der Waals surface area contributed by atoms with Gasteiger partial charge in [0, 0.05) is 24.8 Å². The first-order valence-electron chi connectivity index (χ1n) is 7.57. The van der Waals surface area contributed by atoms with Crippen molar-refractivity contribution in [1.82, 2.24) is 10.4 Å². The number of benzene rings is 1. The number of amides is 2. The van der Waals surface area contributed by atoms with Crippen molar-refractivity contribution in [3.8, 4) is 5.75 Å². The molecule has 2 amide bonds. The summed E-state index contributed by atoms with van der Waals surface area (Å²) in [6.07, 6.45) is 1.49. The van der Waals surface area contributed by atoms with Crippen LogP contribution < -0.4 is 10.2 Å². The molecule has 7 nitrogen and oxygen atoms in total. The molecule has 1 aliphatic carbocycles. The highest BCUT2D eigenvalue weighted by molar-refractivity contribution is 5.94. The highest BCUT2D eigenvalue weighted by Crippen LogP contribution is 2.42. The lowest BCUT2D eigenvalue weighted by molar-refractivity contribution is -0.147. The number of nitrogens with zero attached hydrogens (tertiary/aromatic N) is 1. The molecule has 1 aromatic rings. The first-order valence-corrected chi connectivity index (χ1v) is 7.57. The van der Waals surface area contributed by atoms with E-state index in [4.69, 9.17) is 14.7 Å². The van der Waals surface area contributed by atoms with Gasteiger partial charge in [-0.25, -0.2) is 5.48 Å². The minimum absolute atomic E-state index is 0.0128. The molecule has 0 unspecified atom stereocenters. The molecule has 0 saturated heterocycles. The Morgan fingerprint density at radius 3 is 2.78 bits per heavy atom. The first kappa shape index (κ1) is 15.8. The van der Waals surface area contributed by atoms with E-state index in [1.54, 1.807) is 35.7 Å². The molecule has 3 rings (SSSR count). The van der Waals surface area contributed by atoms with Gasteiger partial charge in [0.25, 0.3) is 11.8 Å². The Hall–Kier alpha value is -2.12. The monoisotopic (exact) mass is 320 g/mol. The van der Waals surface area contributed by atoms with Gasteiger partial charge in [0.05, 0.1) is 6.04 Å². The smallest absolute Gasteiger partial charge is 0.274 e. The Bertz CT molecular complexity index is 641. The highest BCUT2D eigenvalue weighted by Gasteiger charge is 2.53. The van der Waals surface area contributed by atoms with Crippen LogP contribution in [0, 0.1) is 0 Å². The summed E-state index contributed by atoms with van der Waals surface area (Å²) in [6, 6.07) is 4.81. The van der Waals surface area contributed by atoms with E-state index in [9.17, 15) is 9.59 Å². The summed E-state index contributed by atoms with van der Waals surface area (Å²) in [5.74, 6) is -0.0606. The number of carbonyl (C=O) groups is 2. The van der Waals surface area contributed by atoms with E-state index in [1.807, 2.05) is 6.92 Å². The molecule has 1 fully saturated rings. The van der Waals surface area contributed by atoms with E-state index >= 15 is 0 Å². The van der Waals surface area contributed by atoms with E-state index < -0.39 is 11.5 Å². The van der Waals surface area contributed by atoms with E-state index in [0.717, 1.165) is 18.4 Å². The van der Waals surface area contributed by atoms with Crippen molar-refractivity contribution in [1.29, 1.82) is 0 Å². The van der Waals surface area contributed by atoms with Gasteiger partial charge in [-0.3, -0.25) is 14.8 Å². The lowest BCUT2D eigenvalue weighted by atomic mass is 10.1. The van der Waals surface area contributed by atoms with Crippen LogP contribution >= 0.6 is 0 Å². The molecule has 0 aromatic heterocycles. The molecular formula is C16H20N2O5. The molecule has 7 heteroatoms. The van der Waals surface area contributed by atoms with E-state index in [2.05, 4.69) is 0 Å². The molecule has 0 spiro atoms. The molecule has 124 valence electrons. The summed E-state index contributed by atoms with van der Waals surface area (Å²) in [7, 11) is 1.57. The van der Waals surface area contributed by atoms with E-state index in [-0.39, 0.29) is 11.9 Å². The fourth-order valence-corrected chi connectivity index (χ4v) is 2.82. The summed E-state index contributed by atoms with van der Waals surface area (Å²) >= 11 is 0. The minimum atomic E-state index is -0.671. The van der Waals surface area contributed by atoms with Crippen LogP contribution in [0.1, 0.15) is 35.7 Å². The normalized spacial score (nSPS) is 21.7. The van der Waals surface area contributed by atoms with E-state index in [0.29, 0.717) is 24.5 Å². The molecule has 2 aliphatic rings. The average molecular weight is 320 g/mol. The SMILES string of the molecule is COC1(C(=O)N2Cc3ccc(C(=O)NO)cc3OC[C@@H]2C)CC1. The number of rotatable bonds is 3. The van der Waals surface area contributed by atoms with Crippen molar-refractivity contribution < 1.29 is 24.3 Å². The standard InChI is InChI=1S/C16H20N2O5/c1-10-9-23-13-7-11(14(19)17-21)3-4-12(13)8-18(10)15(20)16(22-2)5-6-16/h3-4,7,10,21H,5-6,8-9H2,1-2H3,(H,17,19)/t10-/m0/s1. The van der Waals surface area contributed by atoms with Gasteiger partial charge in [-0.1, -0.05) is 6.07 Å². The minimum Gasteiger partial charge on any atom is -0.491 e. The van der Waals surface area contributed by atoms with Gasteiger partial charge in [0.1, 0.15) is 18.0 Å². The Labute approximate surface area is 134 Å². The molecule has 1 aromatic carbocycles. The Kier molecular flexibility index (Phi) is 3.99. The Balaban J connectivity index is 1.87. The summed E-state index contributed by atoms with van der Waals surface area (Å²) in [4.78, 5) is 26.0. The van der Waals surface area contributed by atoms with Crippen molar-refractivity contribution in [2.24, 2.45) is 0 Å². The molecule has 1 atom stereocenters. The zero-order chi connectivity index (χ0) is 16.6. The second-order valence-corrected chi connectivity index (χ2v) is 6.05. The molecule has 0 radical (unpaired) electrons. The van der Waals surface area contributed by atoms with Crippen LogP contribution in [0.3, 0.4) is 0 Å². The van der Waals surface area contributed by atoms with Crippen LogP contribution in [0.2, 0.25) is 0 Å². The van der Waals surface area contributed by atoms with Crippen LogP contribution in [0.5, 0.6) is 5.75 Å². The quantitative estimate of drug-likeness (QED) is 0.643. The number of nitrogens with one attached hydrogen (secondary N) is 1. The first-order chi connectivity index (χ1) is 11.0. The third-order valence-electron chi connectivity index (χ3n) is 4.53. The number of hydrogen-bond acceptors (Lipinski definition) is 5. The maximum Gasteiger partial charge on any atom is 0.274 e. The van der Waals surface area contributed by atoms with Gasteiger partial charge in [0.2, 0.25) is 0 Å². The third kappa shape index (κ3) is 2.77. The van der Waals surface area contributed by atoms with Crippen molar-refractivity contribution in [3.05, 3.63) is 29.3 Å². The predicted molar refractivity (Wildman–Crippen MR) is 80.2 cm³/mol. The van der Waals surface area contributed by atoms with Crippen molar-refractivity contribution in [2.75, 3.05) is 13.7 Å². The lowest BCUT2D eigenvalue weighted by Gasteiger charge is -2.29. The van der Waals surface area contributed by atoms with Gasteiger partial charge in [-0.15, -0.1) is 0 Å². The van der Waals surface area contributed by atoms with Crippen molar-refractivity contribution in [3.63, 3.8) is 0 Å². The summed E-state index contributed by atoms with van der Waals surface area (Å²) in [6.45, 7) is 2.67. The lowest BCUT2D eigenvalue weighted by Crippen LogP contribution is -2.46. The molecule has 0 bridgehead atoms. The van der Waals surface area contributed by atoms with Crippen LogP contribution in [0.15, 0.2) is 18.2 Å². The maximum absolute atomic E-state index is 12.8. The molecule has 1 aliphatic heterocycles. The van der Waals surface area contributed by atoms with E-state index in [1.165, 1.54) is 0 Å². The van der Waals surface area contributed by atoms with Crippen molar-refractivity contribution in [2.45, 2.75) is 38.0 Å². The average Bonchev–Trinajstić information content (AvgIpc) is 3.38. The number of ether oxygens (including phenoxy) is 2. The largest absolute Gasteiger partial charge is 0.491 e. The van der Waals surface area contributed by atoms with Crippen LogP contribution in [-0.4, -0.2) is 47.3 Å². The molecule has 23 heavy (non-hydrogen) atoms. The Morgan fingerprint density at radius 2 is 2.17 bits per heavy atom. The molecule has 2 N–H and O–H groups in total. The molecular weight excluding hydrogens is 300 g/mol. The number of methoxy groups -OCH3 is 1. The van der Waals surface area contributed by atoms with Gasteiger partial charge < -0.3 is 14.4 Å². The van der Waals surface area contributed by atoms with Gasteiger partial charge in [-0.05, 0) is 31.9 Å². The maximum atomic E-state index is 12.8. The number of hydrogen-bond donors (Lipinski definition) is 2. The molecule has 1 heterocycles. The van der Waals surface area contributed by atoms with Gasteiger partial charge >= 0.3 is 0 Å². The number of hydroxylamine groups is 1. The zero-order valence-corrected chi connectivity index (χ0v) is 13.2. The van der Waals surface area contributed by atoms with Gasteiger partial charge in [0.15, 0.2) is 0 Å². The second kappa shape index (κ2) is 5.82. The fourth-order valence-electron chi connectivity index (χ4n) is 2.82. The third-order valence-corrected chi connectivity index (χ3v) is 4.53. The highest BCUT2D eigenvalue weighted by atomic mass is 16.5. The molecule has 1 saturated carbocycles. The summed E-state index contributed by atoms with van der Waals surface area (Å²) < 4.78 is 11.1. The zero-order valence-electron chi connectivity index (χ0n) is 13.2. The summed E-state index contributed by atoms with van der Waals surface area (Å²) in [5.41, 5.74) is 2.05.